The van der Waals surface area contributed by atoms with Crippen molar-refractivity contribution in [2.75, 3.05) is 26.8 Å². The van der Waals surface area contributed by atoms with Crippen molar-refractivity contribution in [1.29, 1.82) is 0 Å². The number of pyridine rings is 1. The maximum Gasteiger partial charge on any atom is 0.222 e. The van der Waals surface area contributed by atoms with Crippen LogP contribution in [0.1, 0.15) is 34.9 Å². The summed E-state index contributed by atoms with van der Waals surface area (Å²) in [5, 5.41) is 4.44. The van der Waals surface area contributed by atoms with Gasteiger partial charge in [0.2, 0.25) is 5.91 Å². The molecule has 0 radical (unpaired) electrons. The van der Waals surface area contributed by atoms with Crippen LogP contribution in [0.15, 0.2) is 24.5 Å². The molecule has 0 aromatic carbocycles. The second-order valence-electron chi connectivity index (χ2n) is 7.17. The van der Waals surface area contributed by atoms with Gasteiger partial charge in [-0.15, -0.1) is 0 Å². The number of methoxy groups -OCH3 is 1. The van der Waals surface area contributed by atoms with Gasteiger partial charge in [0.25, 0.3) is 0 Å². The number of ether oxygens (including phenoxy) is 1. The Morgan fingerprint density at radius 1 is 1.27 bits per heavy atom. The molecule has 0 bridgehead atoms. The van der Waals surface area contributed by atoms with Crippen LogP contribution in [0.5, 0.6) is 0 Å². The molecule has 0 spiro atoms. The Labute approximate surface area is 155 Å². The van der Waals surface area contributed by atoms with Crippen LogP contribution >= 0.6 is 0 Å². The molecule has 2 aromatic rings. The predicted octanol–water partition coefficient (Wildman–Crippen LogP) is 2.25. The van der Waals surface area contributed by atoms with Crippen LogP contribution in [0.25, 0.3) is 0 Å². The molecule has 6 heteroatoms. The van der Waals surface area contributed by atoms with Gasteiger partial charge in [0.15, 0.2) is 0 Å². The molecule has 0 N–H and O–H groups in total. The molecule has 1 amide bonds. The van der Waals surface area contributed by atoms with E-state index in [4.69, 9.17) is 4.74 Å². The van der Waals surface area contributed by atoms with E-state index in [2.05, 4.69) is 17.0 Å². The SMILES string of the molecule is COC[C@@H]1CN(C(=O)CCc2c(C)nn(C)c2C)C[C@H]1c1ccncc1. The number of hydrogen-bond donors (Lipinski definition) is 0. The van der Waals surface area contributed by atoms with Crippen LogP contribution < -0.4 is 0 Å². The van der Waals surface area contributed by atoms with Crippen molar-refractivity contribution < 1.29 is 9.53 Å². The highest BCUT2D eigenvalue weighted by molar-refractivity contribution is 5.77. The maximum atomic E-state index is 12.8. The summed E-state index contributed by atoms with van der Waals surface area (Å²) in [6, 6.07) is 4.09. The molecule has 3 heterocycles. The van der Waals surface area contributed by atoms with E-state index in [-0.39, 0.29) is 5.91 Å². The van der Waals surface area contributed by atoms with Crippen molar-refractivity contribution in [3.8, 4) is 0 Å². The Morgan fingerprint density at radius 3 is 2.62 bits per heavy atom. The van der Waals surface area contributed by atoms with Crippen molar-refractivity contribution in [2.45, 2.75) is 32.6 Å². The first kappa shape index (κ1) is 18.6. The van der Waals surface area contributed by atoms with Gasteiger partial charge in [-0.2, -0.15) is 5.10 Å². The smallest absolute Gasteiger partial charge is 0.222 e. The van der Waals surface area contributed by atoms with Gasteiger partial charge in [0.1, 0.15) is 0 Å². The number of nitrogens with zero attached hydrogens (tertiary/aromatic N) is 4. The largest absolute Gasteiger partial charge is 0.384 e. The number of hydrogen-bond acceptors (Lipinski definition) is 4. The molecule has 0 aliphatic carbocycles. The highest BCUT2D eigenvalue weighted by Gasteiger charge is 2.35. The summed E-state index contributed by atoms with van der Waals surface area (Å²) in [5.41, 5.74) is 4.59. The van der Waals surface area contributed by atoms with E-state index in [9.17, 15) is 4.79 Å². The molecule has 1 aliphatic heterocycles. The lowest BCUT2D eigenvalue weighted by molar-refractivity contribution is -0.130. The molecule has 6 nitrogen and oxygen atoms in total. The van der Waals surface area contributed by atoms with E-state index in [1.165, 1.54) is 11.1 Å². The Bertz CT molecular complexity index is 757. The molecule has 1 saturated heterocycles. The zero-order chi connectivity index (χ0) is 18.7. The lowest BCUT2D eigenvalue weighted by Gasteiger charge is -2.17. The van der Waals surface area contributed by atoms with Crippen LogP contribution in [0.2, 0.25) is 0 Å². The van der Waals surface area contributed by atoms with E-state index in [0.717, 1.165) is 30.9 Å². The first-order chi connectivity index (χ1) is 12.5. The van der Waals surface area contributed by atoms with Gasteiger partial charge >= 0.3 is 0 Å². The fourth-order valence-electron chi connectivity index (χ4n) is 4.02. The Morgan fingerprint density at radius 2 is 2.00 bits per heavy atom. The van der Waals surface area contributed by atoms with E-state index in [1.54, 1.807) is 7.11 Å². The van der Waals surface area contributed by atoms with Crippen LogP contribution in [0, 0.1) is 19.8 Å². The van der Waals surface area contributed by atoms with Gasteiger partial charge in [-0.25, -0.2) is 0 Å². The number of carbonyl (C=O) groups excluding carboxylic acids is 1. The van der Waals surface area contributed by atoms with Gasteiger partial charge in [0.05, 0.1) is 12.3 Å². The second kappa shape index (κ2) is 7.99. The third-order valence-electron chi connectivity index (χ3n) is 5.56. The normalized spacial score (nSPS) is 19.9. The fraction of sp³-hybridized carbons (Fsp3) is 0.550. The van der Waals surface area contributed by atoms with Crippen molar-refractivity contribution >= 4 is 5.91 Å². The average Bonchev–Trinajstić information content (AvgIpc) is 3.16. The highest BCUT2D eigenvalue weighted by atomic mass is 16.5. The zero-order valence-electron chi connectivity index (χ0n) is 16.1. The number of rotatable bonds is 6. The molecule has 3 rings (SSSR count). The number of aromatic nitrogens is 3. The van der Waals surface area contributed by atoms with Gasteiger partial charge in [-0.3, -0.25) is 14.5 Å². The lowest BCUT2D eigenvalue weighted by Crippen LogP contribution is -2.29. The monoisotopic (exact) mass is 356 g/mol. The molecular weight excluding hydrogens is 328 g/mol. The lowest BCUT2D eigenvalue weighted by atomic mass is 9.90. The molecule has 1 fully saturated rings. The molecule has 2 atom stereocenters. The van der Waals surface area contributed by atoms with Crippen molar-refractivity contribution in [3.63, 3.8) is 0 Å². The van der Waals surface area contributed by atoms with Gasteiger partial charge in [-0.1, -0.05) is 0 Å². The standard InChI is InChI=1S/C20H28N4O2/c1-14-18(15(2)23(3)22-14)5-6-20(25)24-11-17(13-26-4)19(12-24)16-7-9-21-10-8-16/h7-10,17,19H,5-6,11-13H2,1-4H3/t17-,19-/m0/s1. The Balaban J connectivity index is 1.66. The summed E-state index contributed by atoms with van der Waals surface area (Å²) in [6.07, 6.45) is 4.90. The van der Waals surface area contributed by atoms with Gasteiger partial charge in [-0.05, 0) is 43.5 Å². The van der Waals surface area contributed by atoms with E-state index >= 15 is 0 Å². The summed E-state index contributed by atoms with van der Waals surface area (Å²) in [6.45, 7) is 6.24. The van der Waals surface area contributed by atoms with Crippen LogP contribution in [-0.2, 0) is 23.0 Å². The molecule has 1 aliphatic rings. The summed E-state index contributed by atoms with van der Waals surface area (Å²) < 4.78 is 7.29. The molecule has 0 unspecified atom stereocenters. The molecule has 2 aromatic heterocycles. The van der Waals surface area contributed by atoms with Crippen LogP contribution in [-0.4, -0.2) is 52.4 Å². The third-order valence-corrected chi connectivity index (χ3v) is 5.56. The zero-order valence-corrected chi connectivity index (χ0v) is 16.1. The molecule has 140 valence electrons. The van der Waals surface area contributed by atoms with Gasteiger partial charge in [0, 0.05) is 63.6 Å². The average molecular weight is 356 g/mol. The third kappa shape index (κ3) is 3.80. The van der Waals surface area contributed by atoms with Gasteiger partial charge < -0.3 is 9.64 Å². The summed E-state index contributed by atoms with van der Waals surface area (Å²) in [5.74, 6) is 0.849. The predicted molar refractivity (Wildman–Crippen MR) is 99.9 cm³/mol. The second-order valence-corrected chi connectivity index (χ2v) is 7.17. The topological polar surface area (TPSA) is 60.2 Å². The van der Waals surface area contributed by atoms with Crippen molar-refractivity contribution in [3.05, 3.63) is 47.0 Å². The number of likely N-dealkylation sites (tertiary alicyclic amines) is 1. The number of carbonyl (C=O) groups is 1. The highest BCUT2D eigenvalue weighted by Crippen LogP contribution is 2.33. The maximum absolute atomic E-state index is 12.8. The van der Waals surface area contributed by atoms with Crippen molar-refractivity contribution in [1.82, 2.24) is 19.7 Å². The van der Waals surface area contributed by atoms with Crippen LogP contribution in [0.4, 0.5) is 0 Å². The van der Waals surface area contributed by atoms with Crippen molar-refractivity contribution in [2.24, 2.45) is 13.0 Å². The number of amides is 1. The Kier molecular flexibility index (Phi) is 5.71. The molecule has 26 heavy (non-hydrogen) atoms. The number of aryl methyl sites for hydroxylation is 2. The molecule has 0 saturated carbocycles. The van der Waals surface area contributed by atoms with E-state index in [1.807, 2.05) is 48.1 Å². The van der Waals surface area contributed by atoms with E-state index < -0.39 is 0 Å². The minimum absolute atomic E-state index is 0.213. The summed E-state index contributed by atoms with van der Waals surface area (Å²) in [7, 11) is 3.67. The first-order valence-electron chi connectivity index (χ1n) is 9.17. The quantitative estimate of drug-likeness (QED) is 0.796. The van der Waals surface area contributed by atoms with Crippen LogP contribution in [0.3, 0.4) is 0 Å². The summed E-state index contributed by atoms with van der Waals surface area (Å²) >= 11 is 0. The molecular formula is C20H28N4O2. The Hall–Kier alpha value is -2.21. The van der Waals surface area contributed by atoms with E-state index in [0.29, 0.717) is 24.9 Å². The summed E-state index contributed by atoms with van der Waals surface area (Å²) in [4.78, 5) is 18.9. The minimum atomic E-state index is 0.213. The fourth-order valence-corrected chi connectivity index (χ4v) is 4.02. The minimum Gasteiger partial charge on any atom is -0.384 e. The first-order valence-corrected chi connectivity index (χ1v) is 9.17.